The van der Waals surface area contributed by atoms with Crippen LogP contribution in [0.4, 0.5) is 5.69 Å². The Balaban J connectivity index is 1.74. The second-order valence-corrected chi connectivity index (χ2v) is 6.10. The van der Waals surface area contributed by atoms with Gasteiger partial charge in [-0.25, -0.2) is 4.98 Å². The number of hydrogen-bond acceptors (Lipinski definition) is 4. The number of rotatable bonds is 6. The Kier molecular flexibility index (Phi) is 5.29. The van der Waals surface area contributed by atoms with Crippen LogP contribution < -0.4 is 0 Å². The predicted molar refractivity (Wildman–Crippen MR) is 101 cm³/mol. The summed E-state index contributed by atoms with van der Waals surface area (Å²) in [5, 5.41) is 9.95. The third-order valence-corrected chi connectivity index (χ3v) is 4.02. The number of aromatic hydroxyl groups is 1. The van der Waals surface area contributed by atoms with Crippen LogP contribution in [0.2, 0.25) is 0 Å². The quantitative estimate of drug-likeness (QED) is 0.610. The monoisotopic (exact) mass is 334 g/mol. The molecule has 0 aliphatic rings. The van der Waals surface area contributed by atoms with Gasteiger partial charge in [-0.15, -0.1) is 0 Å². The summed E-state index contributed by atoms with van der Waals surface area (Å²) >= 11 is 0. The molecule has 3 aromatic rings. The van der Waals surface area contributed by atoms with Gasteiger partial charge in [0.2, 0.25) is 5.89 Å². The van der Waals surface area contributed by atoms with Crippen molar-refractivity contribution in [2.24, 2.45) is 4.99 Å². The van der Waals surface area contributed by atoms with E-state index in [1.54, 1.807) is 0 Å². The minimum Gasteiger partial charge on any atom is -0.479 e. The minimum atomic E-state index is -0.223. The zero-order valence-corrected chi connectivity index (χ0v) is 14.6. The summed E-state index contributed by atoms with van der Waals surface area (Å²) in [4.78, 5) is 8.69. The van der Waals surface area contributed by atoms with Crippen molar-refractivity contribution in [2.75, 3.05) is 0 Å². The van der Waals surface area contributed by atoms with Gasteiger partial charge in [0.05, 0.1) is 11.9 Å². The number of nitrogens with zero attached hydrogens (tertiary/aromatic N) is 2. The Morgan fingerprint density at radius 3 is 2.48 bits per heavy atom. The fraction of sp³-hybridized carbons (Fsp3) is 0.238. The SMILES string of the molecule is CCCCc1ccc(N=Cc2nc(-c3ccc(C)cc3)oc2O)cc1. The molecular formula is C21H22N2O2. The molecule has 0 aliphatic carbocycles. The molecule has 1 N–H and O–H groups in total. The summed E-state index contributed by atoms with van der Waals surface area (Å²) < 4.78 is 5.35. The normalized spacial score (nSPS) is 11.3. The Morgan fingerprint density at radius 1 is 1.08 bits per heavy atom. The van der Waals surface area contributed by atoms with Crippen LogP contribution in [0.15, 0.2) is 57.9 Å². The van der Waals surface area contributed by atoms with E-state index in [1.165, 1.54) is 24.6 Å². The summed E-state index contributed by atoms with van der Waals surface area (Å²) in [7, 11) is 0. The number of oxazole rings is 1. The molecule has 0 unspecified atom stereocenters. The fourth-order valence-corrected chi connectivity index (χ4v) is 2.49. The molecule has 0 saturated carbocycles. The van der Waals surface area contributed by atoms with Gasteiger partial charge in [0.15, 0.2) is 5.69 Å². The van der Waals surface area contributed by atoms with Crippen molar-refractivity contribution >= 4 is 11.9 Å². The molecule has 25 heavy (non-hydrogen) atoms. The number of aromatic nitrogens is 1. The van der Waals surface area contributed by atoms with Crippen LogP contribution in [0, 0.1) is 6.92 Å². The van der Waals surface area contributed by atoms with Crippen molar-refractivity contribution in [3.05, 3.63) is 65.4 Å². The van der Waals surface area contributed by atoms with E-state index < -0.39 is 0 Å². The van der Waals surface area contributed by atoms with E-state index in [2.05, 4.69) is 29.0 Å². The first kappa shape index (κ1) is 17.0. The minimum absolute atomic E-state index is 0.223. The summed E-state index contributed by atoms with van der Waals surface area (Å²) in [6.07, 6.45) is 4.99. The van der Waals surface area contributed by atoms with Crippen LogP contribution in [-0.4, -0.2) is 16.3 Å². The van der Waals surface area contributed by atoms with Gasteiger partial charge in [0.25, 0.3) is 0 Å². The molecule has 3 rings (SSSR count). The summed E-state index contributed by atoms with van der Waals surface area (Å²) in [6, 6.07) is 15.9. The average Bonchev–Trinajstić information content (AvgIpc) is 3.00. The zero-order chi connectivity index (χ0) is 17.6. The predicted octanol–water partition coefficient (Wildman–Crippen LogP) is 5.45. The second kappa shape index (κ2) is 7.79. The van der Waals surface area contributed by atoms with E-state index in [-0.39, 0.29) is 5.95 Å². The molecule has 0 bridgehead atoms. The average molecular weight is 334 g/mol. The van der Waals surface area contributed by atoms with Crippen LogP contribution in [0.25, 0.3) is 11.5 Å². The highest BCUT2D eigenvalue weighted by Crippen LogP contribution is 2.26. The van der Waals surface area contributed by atoms with Crippen LogP contribution in [-0.2, 0) is 6.42 Å². The molecule has 128 valence electrons. The highest BCUT2D eigenvalue weighted by atomic mass is 16.5. The van der Waals surface area contributed by atoms with Crippen molar-refractivity contribution in [3.63, 3.8) is 0 Å². The van der Waals surface area contributed by atoms with Crippen LogP contribution in [0.3, 0.4) is 0 Å². The first-order chi connectivity index (χ1) is 12.2. The third-order valence-electron chi connectivity index (χ3n) is 4.02. The first-order valence-electron chi connectivity index (χ1n) is 8.55. The maximum atomic E-state index is 9.95. The van der Waals surface area contributed by atoms with Crippen LogP contribution in [0.5, 0.6) is 5.95 Å². The maximum absolute atomic E-state index is 9.95. The lowest BCUT2D eigenvalue weighted by Crippen LogP contribution is -1.84. The molecule has 2 aromatic carbocycles. The van der Waals surface area contributed by atoms with Crippen molar-refractivity contribution < 1.29 is 9.52 Å². The molecular weight excluding hydrogens is 312 g/mol. The largest absolute Gasteiger partial charge is 0.479 e. The van der Waals surface area contributed by atoms with E-state index in [9.17, 15) is 5.11 Å². The zero-order valence-electron chi connectivity index (χ0n) is 14.6. The number of aliphatic imine (C=N–C) groups is 1. The molecule has 1 aromatic heterocycles. The Bertz CT molecular complexity index is 847. The van der Waals surface area contributed by atoms with E-state index in [4.69, 9.17) is 4.42 Å². The van der Waals surface area contributed by atoms with E-state index >= 15 is 0 Å². The number of benzene rings is 2. The van der Waals surface area contributed by atoms with Crippen LogP contribution in [0.1, 0.15) is 36.6 Å². The van der Waals surface area contributed by atoms with E-state index in [0.29, 0.717) is 11.6 Å². The van der Waals surface area contributed by atoms with Crippen molar-refractivity contribution in [2.45, 2.75) is 33.1 Å². The standard InChI is InChI=1S/C21H22N2O2/c1-3-4-5-16-8-12-18(13-9-16)22-14-19-21(24)25-20(23-19)17-10-6-15(2)7-11-17/h6-14,24H,3-5H2,1-2H3. The maximum Gasteiger partial charge on any atom is 0.312 e. The van der Waals surface area contributed by atoms with Gasteiger partial charge in [0.1, 0.15) is 0 Å². The first-order valence-corrected chi connectivity index (χ1v) is 8.55. The van der Waals surface area contributed by atoms with Gasteiger partial charge in [-0.2, -0.15) is 0 Å². The van der Waals surface area contributed by atoms with E-state index in [1.807, 2.05) is 43.3 Å². The molecule has 4 heteroatoms. The number of hydrogen-bond donors (Lipinski definition) is 1. The highest BCUT2D eigenvalue weighted by molar-refractivity contribution is 5.82. The van der Waals surface area contributed by atoms with Gasteiger partial charge in [-0.3, -0.25) is 4.99 Å². The van der Waals surface area contributed by atoms with Gasteiger partial charge in [-0.1, -0.05) is 43.2 Å². The lowest BCUT2D eigenvalue weighted by atomic mass is 10.1. The summed E-state index contributed by atoms with van der Waals surface area (Å²) in [5.41, 5.74) is 4.43. The summed E-state index contributed by atoms with van der Waals surface area (Å²) in [6.45, 7) is 4.20. The topological polar surface area (TPSA) is 58.6 Å². The molecule has 4 nitrogen and oxygen atoms in total. The van der Waals surface area contributed by atoms with Crippen molar-refractivity contribution in [1.29, 1.82) is 0 Å². The Labute approximate surface area is 147 Å². The lowest BCUT2D eigenvalue weighted by Gasteiger charge is -1.99. The van der Waals surface area contributed by atoms with Crippen LogP contribution >= 0.6 is 0 Å². The van der Waals surface area contributed by atoms with Gasteiger partial charge in [-0.05, 0) is 49.6 Å². The molecule has 0 saturated heterocycles. The summed E-state index contributed by atoms with van der Waals surface area (Å²) in [5.74, 6) is 0.160. The molecule has 0 amide bonds. The van der Waals surface area contributed by atoms with Crippen molar-refractivity contribution in [1.82, 2.24) is 4.98 Å². The van der Waals surface area contributed by atoms with Gasteiger partial charge < -0.3 is 9.52 Å². The van der Waals surface area contributed by atoms with E-state index in [0.717, 1.165) is 23.2 Å². The highest BCUT2D eigenvalue weighted by Gasteiger charge is 2.12. The number of unbranched alkanes of at least 4 members (excludes halogenated alkanes) is 1. The molecule has 0 spiro atoms. The Morgan fingerprint density at radius 2 is 1.80 bits per heavy atom. The fourth-order valence-electron chi connectivity index (χ4n) is 2.49. The van der Waals surface area contributed by atoms with Crippen molar-refractivity contribution in [3.8, 4) is 17.4 Å². The second-order valence-electron chi connectivity index (χ2n) is 6.10. The third kappa shape index (κ3) is 4.35. The lowest BCUT2D eigenvalue weighted by molar-refractivity contribution is 0.337. The molecule has 0 fully saturated rings. The van der Waals surface area contributed by atoms with Gasteiger partial charge in [0, 0.05) is 5.56 Å². The molecule has 0 aliphatic heterocycles. The molecule has 0 radical (unpaired) electrons. The molecule has 0 atom stereocenters. The molecule has 1 heterocycles. The smallest absolute Gasteiger partial charge is 0.312 e. The Hall–Kier alpha value is -2.88. The number of aryl methyl sites for hydroxylation is 2. The van der Waals surface area contributed by atoms with Gasteiger partial charge >= 0.3 is 5.95 Å².